The van der Waals surface area contributed by atoms with Crippen LogP contribution in [0.1, 0.15) is 32.4 Å². The molecule has 1 heterocycles. The first-order chi connectivity index (χ1) is 8.11. The molecule has 1 rings (SSSR count). The molecule has 4 heteroatoms. The third-order valence-electron chi connectivity index (χ3n) is 2.32. The number of hydrogen-bond acceptors (Lipinski definition) is 4. The second-order valence-electron chi connectivity index (χ2n) is 4.36. The molecule has 1 aromatic rings. The molecule has 0 saturated carbocycles. The summed E-state index contributed by atoms with van der Waals surface area (Å²) >= 11 is 0. The predicted octanol–water partition coefficient (Wildman–Crippen LogP) is 1.91. The van der Waals surface area contributed by atoms with E-state index in [0.717, 1.165) is 5.56 Å². The smallest absolute Gasteiger partial charge is 0.0988 e. The van der Waals surface area contributed by atoms with Gasteiger partial charge in [-0.25, -0.2) is 0 Å². The Hall–Kier alpha value is -0.970. The van der Waals surface area contributed by atoms with E-state index < -0.39 is 0 Å². The van der Waals surface area contributed by atoms with Gasteiger partial charge in [-0.1, -0.05) is 6.07 Å². The van der Waals surface area contributed by atoms with Crippen LogP contribution in [0, 0.1) is 0 Å². The third-order valence-corrected chi connectivity index (χ3v) is 2.32. The van der Waals surface area contributed by atoms with Crippen molar-refractivity contribution in [2.45, 2.75) is 39.0 Å². The highest BCUT2D eigenvalue weighted by Gasteiger charge is 2.16. The molecular weight excluding hydrogens is 216 g/mol. The average Bonchev–Trinajstić information content (AvgIpc) is 2.29. The summed E-state index contributed by atoms with van der Waals surface area (Å²) < 4.78 is 11.2. The molecule has 0 radical (unpaired) electrons. The van der Waals surface area contributed by atoms with E-state index in [0.29, 0.717) is 13.2 Å². The first-order valence-corrected chi connectivity index (χ1v) is 6.00. The average molecular weight is 238 g/mol. The van der Waals surface area contributed by atoms with E-state index in [9.17, 15) is 0 Å². The molecule has 0 spiro atoms. The minimum Gasteiger partial charge on any atom is -0.376 e. The van der Waals surface area contributed by atoms with Crippen molar-refractivity contribution in [2.75, 3.05) is 13.2 Å². The van der Waals surface area contributed by atoms with Crippen LogP contribution in [0.15, 0.2) is 24.5 Å². The van der Waals surface area contributed by atoms with E-state index in [2.05, 4.69) is 4.98 Å². The number of aromatic nitrogens is 1. The minimum atomic E-state index is -0.125. The molecule has 0 bridgehead atoms. The third kappa shape index (κ3) is 5.26. The summed E-state index contributed by atoms with van der Waals surface area (Å²) in [5.74, 6) is 0. The van der Waals surface area contributed by atoms with Crippen molar-refractivity contribution in [1.29, 1.82) is 0 Å². The lowest BCUT2D eigenvalue weighted by atomic mass is 10.1. The number of hydrogen-bond donors (Lipinski definition) is 1. The zero-order chi connectivity index (χ0) is 12.7. The fourth-order valence-corrected chi connectivity index (χ4v) is 1.55. The number of rotatable bonds is 7. The van der Waals surface area contributed by atoms with E-state index in [1.165, 1.54) is 0 Å². The molecule has 0 saturated heterocycles. The van der Waals surface area contributed by atoms with Gasteiger partial charge in [0.1, 0.15) is 0 Å². The van der Waals surface area contributed by atoms with E-state index >= 15 is 0 Å². The second-order valence-corrected chi connectivity index (χ2v) is 4.36. The molecule has 4 nitrogen and oxygen atoms in total. The molecule has 2 unspecified atom stereocenters. The largest absolute Gasteiger partial charge is 0.376 e. The summed E-state index contributed by atoms with van der Waals surface area (Å²) in [4.78, 5) is 4.08. The van der Waals surface area contributed by atoms with Crippen LogP contribution in [-0.4, -0.2) is 30.3 Å². The van der Waals surface area contributed by atoms with Crippen LogP contribution in [0.2, 0.25) is 0 Å². The van der Waals surface area contributed by atoms with Gasteiger partial charge in [0.15, 0.2) is 0 Å². The molecular formula is C13H22N2O2. The molecule has 17 heavy (non-hydrogen) atoms. The summed E-state index contributed by atoms with van der Waals surface area (Å²) in [7, 11) is 0. The molecule has 0 aliphatic heterocycles. The van der Waals surface area contributed by atoms with Crippen molar-refractivity contribution in [3.63, 3.8) is 0 Å². The maximum Gasteiger partial charge on any atom is 0.0988 e. The van der Waals surface area contributed by atoms with E-state index in [4.69, 9.17) is 15.2 Å². The Morgan fingerprint density at radius 2 is 1.94 bits per heavy atom. The topological polar surface area (TPSA) is 57.4 Å². The first-order valence-electron chi connectivity index (χ1n) is 6.00. The van der Waals surface area contributed by atoms with Gasteiger partial charge in [-0.3, -0.25) is 4.98 Å². The highest BCUT2D eigenvalue weighted by atomic mass is 16.5. The highest BCUT2D eigenvalue weighted by Crippen LogP contribution is 2.18. The van der Waals surface area contributed by atoms with E-state index in [-0.39, 0.29) is 18.2 Å². The van der Waals surface area contributed by atoms with Gasteiger partial charge in [0.25, 0.3) is 0 Å². The van der Waals surface area contributed by atoms with Gasteiger partial charge >= 0.3 is 0 Å². The van der Waals surface area contributed by atoms with Crippen LogP contribution in [-0.2, 0) is 9.47 Å². The quantitative estimate of drug-likeness (QED) is 0.737. The predicted molar refractivity (Wildman–Crippen MR) is 67.7 cm³/mol. The van der Waals surface area contributed by atoms with E-state index in [1.807, 2.05) is 32.9 Å². The Balaban J connectivity index is 2.45. The van der Waals surface area contributed by atoms with Gasteiger partial charge in [0.05, 0.1) is 25.4 Å². The van der Waals surface area contributed by atoms with Crippen molar-refractivity contribution in [3.05, 3.63) is 30.1 Å². The second kappa shape index (κ2) is 7.37. The van der Waals surface area contributed by atoms with Gasteiger partial charge in [0, 0.05) is 24.0 Å². The number of pyridine rings is 1. The van der Waals surface area contributed by atoms with Crippen molar-refractivity contribution >= 4 is 0 Å². The Morgan fingerprint density at radius 1 is 1.24 bits per heavy atom. The Kier molecular flexibility index (Phi) is 6.11. The lowest BCUT2D eigenvalue weighted by Gasteiger charge is -2.21. The fraction of sp³-hybridized carbons (Fsp3) is 0.615. The number of ether oxygens (including phenoxy) is 2. The molecule has 0 fully saturated rings. The monoisotopic (exact) mass is 238 g/mol. The fourth-order valence-electron chi connectivity index (χ4n) is 1.55. The van der Waals surface area contributed by atoms with Crippen LogP contribution in [0.4, 0.5) is 0 Å². The summed E-state index contributed by atoms with van der Waals surface area (Å²) in [6, 6.07) is 3.79. The summed E-state index contributed by atoms with van der Waals surface area (Å²) in [5, 5.41) is 0. The minimum absolute atomic E-state index is 0.0711. The lowest BCUT2D eigenvalue weighted by molar-refractivity contribution is -0.0202. The molecule has 0 aliphatic carbocycles. The van der Waals surface area contributed by atoms with Gasteiger partial charge in [-0.05, 0) is 26.8 Å². The van der Waals surface area contributed by atoms with Crippen molar-refractivity contribution in [1.82, 2.24) is 4.98 Å². The molecule has 1 aromatic heterocycles. The van der Waals surface area contributed by atoms with Crippen LogP contribution < -0.4 is 5.73 Å². The number of nitrogens with two attached hydrogens (primary N) is 1. The number of nitrogens with zero attached hydrogens (tertiary/aromatic N) is 1. The molecule has 0 amide bonds. The van der Waals surface area contributed by atoms with E-state index in [1.54, 1.807) is 12.4 Å². The zero-order valence-corrected chi connectivity index (χ0v) is 10.8. The molecule has 2 N–H and O–H groups in total. The van der Waals surface area contributed by atoms with Crippen molar-refractivity contribution in [3.8, 4) is 0 Å². The SMILES string of the molecule is CC(C)OCCOC(c1cccnc1)C(C)N. The van der Waals surface area contributed by atoms with Crippen LogP contribution in [0.5, 0.6) is 0 Å². The molecule has 0 aromatic carbocycles. The van der Waals surface area contributed by atoms with Crippen molar-refractivity contribution < 1.29 is 9.47 Å². The van der Waals surface area contributed by atoms with Crippen LogP contribution in [0.3, 0.4) is 0 Å². The molecule has 0 aliphatic rings. The van der Waals surface area contributed by atoms with Crippen LogP contribution in [0.25, 0.3) is 0 Å². The zero-order valence-electron chi connectivity index (χ0n) is 10.8. The Morgan fingerprint density at radius 3 is 2.47 bits per heavy atom. The van der Waals surface area contributed by atoms with Gasteiger partial charge in [-0.2, -0.15) is 0 Å². The summed E-state index contributed by atoms with van der Waals surface area (Å²) in [6.45, 7) is 7.07. The van der Waals surface area contributed by atoms with Gasteiger partial charge in [-0.15, -0.1) is 0 Å². The van der Waals surface area contributed by atoms with Gasteiger partial charge in [0.2, 0.25) is 0 Å². The first kappa shape index (κ1) is 14.1. The summed E-state index contributed by atoms with van der Waals surface area (Å²) in [5.41, 5.74) is 6.92. The maximum atomic E-state index is 5.92. The van der Waals surface area contributed by atoms with Crippen LogP contribution >= 0.6 is 0 Å². The standard InChI is InChI=1S/C13H22N2O2/c1-10(2)16-7-8-17-13(11(3)14)12-5-4-6-15-9-12/h4-6,9-11,13H,7-8,14H2,1-3H3. The Labute approximate surface area is 103 Å². The van der Waals surface area contributed by atoms with Gasteiger partial charge < -0.3 is 15.2 Å². The Bertz CT molecular complexity index is 302. The maximum absolute atomic E-state index is 5.92. The summed E-state index contributed by atoms with van der Waals surface area (Å²) in [6.07, 6.45) is 3.63. The normalized spacial score (nSPS) is 14.9. The molecule has 2 atom stereocenters. The van der Waals surface area contributed by atoms with Crippen molar-refractivity contribution in [2.24, 2.45) is 5.73 Å². The highest BCUT2D eigenvalue weighted by molar-refractivity contribution is 5.13. The molecule has 96 valence electrons. The lowest BCUT2D eigenvalue weighted by Crippen LogP contribution is -2.28.